The lowest BCUT2D eigenvalue weighted by Crippen LogP contribution is -2.31. The Morgan fingerprint density at radius 3 is 2.62 bits per heavy atom. The van der Waals surface area contributed by atoms with Crippen LogP contribution in [0, 0.1) is 18.3 Å². The van der Waals surface area contributed by atoms with E-state index in [0.717, 1.165) is 6.42 Å². The van der Waals surface area contributed by atoms with Crippen LogP contribution < -0.4 is 5.32 Å². The van der Waals surface area contributed by atoms with Crippen LogP contribution in [0.1, 0.15) is 43.9 Å². The first-order valence-corrected chi connectivity index (χ1v) is 5.87. The van der Waals surface area contributed by atoms with Gasteiger partial charge in [0.25, 0.3) is 0 Å². The predicted octanol–water partition coefficient (Wildman–Crippen LogP) is 3.34. The van der Waals surface area contributed by atoms with Crippen molar-refractivity contribution in [2.24, 2.45) is 0 Å². The fourth-order valence-electron chi connectivity index (χ4n) is 1.95. The largest absolute Gasteiger partial charge is 0.306 e. The molecule has 0 aliphatic heterocycles. The SMILES string of the molecule is CCC(CC#N)NC(C)c1ccccc1C. The van der Waals surface area contributed by atoms with Crippen LogP contribution in [0.4, 0.5) is 0 Å². The molecule has 0 bridgehead atoms. The van der Waals surface area contributed by atoms with Crippen molar-refractivity contribution < 1.29 is 0 Å². The number of nitriles is 1. The van der Waals surface area contributed by atoms with E-state index in [2.05, 4.69) is 56.4 Å². The first-order valence-electron chi connectivity index (χ1n) is 5.87. The van der Waals surface area contributed by atoms with Gasteiger partial charge in [0.1, 0.15) is 0 Å². The van der Waals surface area contributed by atoms with E-state index in [0.29, 0.717) is 18.5 Å². The molecule has 0 saturated carbocycles. The molecule has 16 heavy (non-hydrogen) atoms. The van der Waals surface area contributed by atoms with E-state index in [1.54, 1.807) is 0 Å². The first kappa shape index (κ1) is 12.7. The van der Waals surface area contributed by atoms with Crippen molar-refractivity contribution in [3.8, 4) is 6.07 Å². The standard InChI is InChI=1S/C14H20N2/c1-4-13(9-10-15)16-12(3)14-8-6-5-7-11(14)2/h5-8,12-13,16H,4,9H2,1-3H3. The second kappa shape index (κ2) is 6.30. The zero-order valence-corrected chi connectivity index (χ0v) is 10.3. The molecule has 0 spiro atoms. The second-order valence-corrected chi connectivity index (χ2v) is 4.21. The van der Waals surface area contributed by atoms with Gasteiger partial charge in [-0.2, -0.15) is 5.26 Å². The van der Waals surface area contributed by atoms with Crippen LogP contribution in [-0.4, -0.2) is 6.04 Å². The Balaban J connectivity index is 2.68. The van der Waals surface area contributed by atoms with E-state index in [1.165, 1.54) is 11.1 Å². The van der Waals surface area contributed by atoms with Crippen molar-refractivity contribution in [3.05, 3.63) is 35.4 Å². The van der Waals surface area contributed by atoms with Crippen molar-refractivity contribution in [1.82, 2.24) is 5.32 Å². The van der Waals surface area contributed by atoms with Crippen molar-refractivity contribution in [3.63, 3.8) is 0 Å². The molecule has 1 N–H and O–H groups in total. The Morgan fingerprint density at radius 2 is 2.06 bits per heavy atom. The van der Waals surface area contributed by atoms with Gasteiger partial charge in [0.15, 0.2) is 0 Å². The van der Waals surface area contributed by atoms with Crippen molar-refractivity contribution in [1.29, 1.82) is 5.26 Å². The van der Waals surface area contributed by atoms with Crippen LogP contribution in [0.2, 0.25) is 0 Å². The van der Waals surface area contributed by atoms with Crippen molar-refractivity contribution >= 4 is 0 Å². The van der Waals surface area contributed by atoms with Gasteiger partial charge in [-0.15, -0.1) is 0 Å². The maximum atomic E-state index is 8.72. The number of nitrogens with zero attached hydrogens (tertiary/aromatic N) is 1. The van der Waals surface area contributed by atoms with Gasteiger partial charge in [-0.25, -0.2) is 0 Å². The minimum atomic E-state index is 0.291. The molecule has 0 aromatic heterocycles. The summed E-state index contributed by atoms with van der Waals surface area (Å²) in [5.74, 6) is 0. The van der Waals surface area contributed by atoms with E-state index >= 15 is 0 Å². The number of nitrogens with one attached hydrogen (secondary N) is 1. The summed E-state index contributed by atoms with van der Waals surface area (Å²) in [6.45, 7) is 6.39. The Labute approximate surface area is 98.3 Å². The third-order valence-corrected chi connectivity index (χ3v) is 2.97. The lowest BCUT2D eigenvalue weighted by molar-refractivity contribution is 0.447. The second-order valence-electron chi connectivity index (χ2n) is 4.21. The Kier molecular flexibility index (Phi) is 5.01. The van der Waals surface area contributed by atoms with Crippen molar-refractivity contribution in [2.75, 3.05) is 0 Å². The Morgan fingerprint density at radius 1 is 1.38 bits per heavy atom. The molecule has 1 rings (SSSR count). The highest BCUT2D eigenvalue weighted by Gasteiger charge is 2.12. The maximum Gasteiger partial charge on any atom is 0.0638 e. The highest BCUT2D eigenvalue weighted by atomic mass is 14.9. The molecule has 2 unspecified atom stereocenters. The van der Waals surface area contributed by atoms with Crippen molar-refractivity contribution in [2.45, 2.75) is 45.7 Å². The Hall–Kier alpha value is -1.33. The van der Waals surface area contributed by atoms with E-state index in [9.17, 15) is 0 Å². The van der Waals surface area contributed by atoms with Crippen LogP contribution in [0.3, 0.4) is 0 Å². The van der Waals surface area contributed by atoms with Gasteiger partial charge in [-0.3, -0.25) is 0 Å². The lowest BCUT2D eigenvalue weighted by atomic mass is 10.0. The summed E-state index contributed by atoms with van der Waals surface area (Å²) in [6, 6.07) is 11.2. The minimum absolute atomic E-state index is 0.291. The average molecular weight is 216 g/mol. The molecule has 2 nitrogen and oxygen atoms in total. The van der Waals surface area contributed by atoms with Gasteiger partial charge in [-0.05, 0) is 31.4 Å². The number of hydrogen-bond donors (Lipinski definition) is 1. The van der Waals surface area contributed by atoms with Crippen LogP contribution in [0.15, 0.2) is 24.3 Å². The minimum Gasteiger partial charge on any atom is -0.306 e. The summed E-state index contributed by atoms with van der Waals surface area (Å²) in [6.07, 6.45) is 1.57. The van der Waals surface area contributed by atoms with E-state index in [1.807, 2.05) is 0 Å². The third-order valence-electron chi connectivity index (χ3n) is 2.97. The summed E-state index contributed by atoms with van der Waals surface area (Å²) >= 11 is 0. The van der Waals surface area contributed by atoms with E-state index in [-0.39, 0.29) is 0 Å². The summed E-state index contributed by atoms with van der Waals surface area (Å²) in [5, 5.41) is 12.2. The monoisotopic (exact) mass is 216 g/mol. The highest BCUT2D eigenvalue weighted by molar-refractivity contribution is 5.28. The normalized spacial score (nSPS) is 14.1. The molecular weight excluding hydrogens is 196 g/mol. The lowest BCUT2D eigenvalue weighted by Gasteiger charge is -2.21. The van der Waals surface area contributed by atoms with Crippen LogP contribution in [-0.2, 0) is 0 Å². The molecule has 0 heterocycles. The first-order chi connectivity index (χ1) is 7.69. The van der Waals surface area contributed by atoms with Gasteiger partial charge in [0, 0.05) is 12.1 Å². The molecule has 2 heteroatoms. The molecule has 0 aliphatic rings. The zero-order chi connectivity index (χ0) is 12.0. The zero-order valence-electron chi connectivity index (χ0n) is 10.3. The molecule has 0 amide bonds. The number of hydrogen-bond acceptors (Lipinski definition) is 2. The topological polar surface area (TPSA) is 35.8 Å². The van der Waals surface area contributed by atoms with Crippen LogP contribution >= 0.6 is 0 Å². The maximum absolute atomic E-state index is 8.72. The molecule has 0 saturated heterocycles. The number of aryl methyl sites for hydroxylation is 1. The van der Waals surface area contributed by atoms with E-state index in [4.69, 9.17) is 5.26 Å². The smallest absolute Gasteiger partial charge is 0.0638 e. The molecule has 2 atom stereocenters. The van der Waals surface area contributed by atoms with Crippen LogP contribution in [0.25, 0.3) is 0 Å². The van der Waals surface area contributed by atoms with E-state index < -0.39 is 0 Å². The number of rotatable bonds is 5. The number of benzene rings is 1. The quantitative estimate of drug-likeness (QED) is 0.819. The van der Waals surface area contributed by atoms with Gasteiger partial charge in [-0.1, -0.05) is 31.2 Å². The fraction of sp³-hybridized carbons (Fsp3) is 0.500. The van der Waals surface area contributed by atoms with Gasteiger partial charge in [0.2, 0.25) is 0 Å². The molecule has 0 aliphatic carbocycles. The summed E-state index contributed by atoms with van der Waals surface area (Å²) < 4.78 is 0. The predicted molar refractivity (Wildman–Crippen MR) is 67.0 cm³/mol. The third kappa shape index (κ3) is 3.36. The molecule has 1 aromatic carbocycles. The van der Waals surface area contributed by atoms with Gasteiger partial charge >= 0.3 is 0 Å². The highest BCUT2D eigenvalue weighted by Crippen LogP contribution is 2.18. The fourth-order valence-corrected chi connectivity index (χ4v) is 1.95. The molecular formula is C14H20N2. The summed E-state index contributed by atoms with van der Waals surface area (Å²) in [7, 11) is 0. The molecule has 86 valence electrons. The van der Waals surface area contributed by atoms with Gasteiger partial charge < -0.3 is 5.32 Å². The molecule has 0 fully saturated rings. The summed E-state index contributed by atoms with van der Waals surface area (Å²) in [5.41, 5.74) is 2.62. The molecule has 1 aromatic rings. The Bertz CT molecular complexity index is 365. The average Bonchev–Trinajstić information content (AvgIpc) is 2.28. The van der Waals surface area contributed by atoms with Crippen LogP contribution in [0.5, 0.6) is 0 Å². The van der Waals surface area contributed by atoms with Gasteiger partial charge in [0.05, 0.1) is 12.5 Å². The molecule has 0 radical (unpaired) electrons. The summed E-state index contributed by atoms with van der Waals surface area (Å²) in [4.78, 5) is 0.